The second-order valence-electron chi connectivity index (χ2n) is 8.35. The van der Waals surface area contributed by atoms with Gasteiger partial charge in [-0.15, -0.1) is 0 Å². The van der Waals surface area contributed by atoms with Gasteiger partial charge < -0.3 is 10.1 Å². The van der Waals surface area contributed by atoms with Crippen LogP contribution in [0.25, 0.3) is 0 Å². The zero-order chi connectivity index (χ0) is 19.7. The lowest BCUT2D eigenvalue weighted by molar-refractivity contribution is -0.146. The fourth-order valence-electron chi connectivity index (χ4n) is 4.83. The molecule has 1 aliphatic heterocycles. The minimum absolute atomic E-state index is 0.00265. The highest BCUT2D eigenvalue weighted by atomic mass is 16.5. The van der Waals surface area contributed by atoms with E-state index in [4.69, 9.17) is 4.74 Å². The molecule has 4 nitrogen and oxygen atoms in total. The Morgan fingerprint density at radius 3 is 2.61 bits per heavy atom. The maximum absolute atomic E-state index is 13.3. The predicted molar refractivity (Wildman–Crippen MR) is 109 cm³/mol. The van der Waals surface area contributed by atoms with Crippen molar-refractivity contribution in [1.82, 2.24) is 5.32 Å². The van der Waals surface area contributed by atoms with Crippen molar-refractivity contribution in [2.75, 3.05) is 0 Å². The van der Waals surface area contributed by atoms with E-state index < -0.39 is 0 Å². The molecule has 0 bridgehead atoms. The first-order valence-electron chi connectivity index (χ1n) is 10.6. The van der Waals surface area contributed by atoms with Crippen LogP contribution >= 0.6 is 0 Å². The minimum Gasteiger partial charge on any atom is -0.459 e. The van der Waals surface area contributed by atoms with Crippen LogP contribution in [0.1, 0.15) is 75.3 Å². The van der Waals surface area contributed by atoms with E-state index in [-0.39, 0.29) is 23.8 Å². The number of esters is 1. The van der Waals surface area contributed by atoms with Crippen molar-refractivity contribution in [2.24, 2.45) is 0 Å². The van der Waals surface area contributed by atoms with Crippen LogP contribution in [0.4, 0.5) is 0 Å². The average molecular weight is 380 g/mol. The number of ketones is 1. The molecule has 1 atom stereocenters. The molecule has 28 heavy (non-hydrogen) atoms. The largest absolute Gasteiger partial charge is 0.459 e. The van der Waals surface area contributed by atoms with Gasteiger partial charge in [-0.1, -0.05) is 36.2 Å². The summed E-state index contributed by atoms with van der Waals surface area (Å²) in [5.41, 5.74) is 5.29. The molecule has 1 heterocycles. The standard InChI is InChI=1S/C24H29NO3/c1-15-8-6-9-17(14-15)22-21(24(27)28-18-10-4-3-5-11-18)16(2)25-19-12-7-13-20(26)23(19)22/h6,8-9,14,18,22,25H,3-5,7,10-13H2,1-2H3/t22-/m1/s1. The average Bonchev–Trinajstić information content (AvgIpc) is 2.68. The Hall–Kier alpha value is -2.36. The van der Waals surface area contributed by atoms with Gasteiger partial charge in [0, 0.05) is 29.3 Å². The summed E-state index contributed by atoms with van der Waals surface area (Å²) >= 11 is 0. The summed E-state index contributed by atoms with van der Waals surface area (Å²) in [6.45, 7) is 3.97. The molecule has 4 rings (SSSR count). The lowest BCUT2D eigenvalue weighted by Crippen LogP contribution is -2.35. The van der Waals surface area contributed by atoms with E-state index in [2.05, 4.69) is 11.4 Å². The van der Waals surface area contributed by atoms with E-state index in [1.54, 1.807) is 0 Å². The van der Waals surface area contributed by atoms with Crippen LogP contribution in [0.15, 0.2) is 46.8 Å². The number of aryl methyl sites for hydroxylation is 1. The van der Waals surface area contributed by atoms with Gasteiger partial charge in [0.1, 0.15) is 6.10 Å². The molecule has 0 radical (unpaired) electrons. The van der Waals surface area contributed by atoms with Gasteiger partial charge in [-0.05, 0) is 57.9 Å². The second kappa shape index (κ2) is 7.94. The number of dihydropyridines is 1. The number of nitrogens with one attached hydrogen (secondary N) is 1. The Balaban J connectivity index is 1.74. The number of Topliss-reactive ketones (excluding diaryl/α,β-unsaturated/α-hetero) is 1. The Bertz CT molecular complexity index is 858. The lowest BCUT2D eigenvalue weighted by Gasteiger charge is -2.35. The molecule has 0 spiro atoms. The van der Waals surface area contributed by atoms with Crippen LogP contribution in [-0.2, 0) is 14.3 Å². The number of benzene rings is 1. The highest BCUT2D eigenvalue weighted by Gasteiger charge is 2.39. The smallest absolute Gasteiger partial charge is 0.337 e. The quantitative estimate of drug-likeness (QED) is 0.764. The van der Waals surface area contributed by atoms with Crippen molar-refractivity contribution in [3.05, 3.63) is 57.9 Å². The Labute approximate surface area is 167 Å². The van der Waals surface area contributed by atoms with Crippen LogP contribution in [0.2, 0.25) is 0 Å². The van der Waals surface area contributed by atoms with Crippen molar-refractivity contribution in [2.45, 2.75) is 77.2 Å². The number of ether oxygens (including phenoxy) is 1. The third kappa shape index (κ3) is 3.65. The fraction of sp³-hybridized carbons (Fsp3) is 0.500. The molecule has 0 saturated heterocycles. The molecule has 3 aliphatic rings. The van der Waals surface area contributed by atoms with E-state index >= 15 is 0 Å². The molecular weight excluding hydrogens is 350 g/mol. The highest BCUT2D eigenvalue weighted by molar-refractivity contribution is 6.03. The number of carbonyl (C=O) groups excluding carboxylic acids is 2. The van der Waals surface area contributed by atoms with Gasteiger partial charge >= 0.3 is 5.97 Å². The summed E-state index contributed by atoms with van der Waals surface area (Å²) in [4.78, 5) is 26.2. The second-order valence-corrected chi connectivity index (χ2v) is 8.35. The van der Waals surface area contributed by atoms with Crippen molar-refractivity contribution in [3.8, 4) is 0 Å². The summed E-state index contributed by atoms with van der Waals surface area (Å²) < 4.78 is 5.93. The van der Waals surface area contributed by atoms with Crippen LogP contribution in [-0.4, -0.2) is 17.9 Å². The molecule has 0 unspecified atom stereocenters. The van der Waals surface area contributed by atoms with Gasteiger partial charge in [0.2, 0.25) is 0 Å². The lowest BCUT2D eigenvalue weighted by atomic mass is 9.75. The van der Waals surface area contributed by atoms with Crippen molar-refractivity contribution in [1.29, 1.82) is 0 Å². The monoisotopic (exact) mass is 379 g/mol. The number of allylic oxidation sites excluding steroid dienone is 3. The molecule has 1 N–H and O–H groups in total. The first kappa shape index (κ1) is 19.0. The molecule has 1 fully saturated rings. The molecule has 2 aliphatic carbocycles. The van der Waals surface area contributed by atoms with Gasteiger partial charge in [0.25, 0.3) is 0 Å². The van der Waals surface area contributed by atoms with E-state index in [0.29, 0.717) is 12.0 Å². The van der Waals surface area contributed by atoms with Gasteiger partial charge in [0.15, 0.2) is 5.78 Å². The summed E-state index contributed by atoms with van der Waals surface area (Å²) in [5, 5.41) is 3.37. The zero-order valence-corrected chi connectivity index (χ0v) is 16.8. The van der Waals surface area contributed by atoms with E-state index in [1.165, 1.54) is 6.42 Å². The Kier molecular flexibility index (Phi) is 5.38. The number of hydrogen-bond acceptors (Lipinski definition) is 4. The normalized spacial score (nSPS) is 23.4. The molecule has 1 saturated carbocycles. The predicted octanol–water partition coefficient (Wildman–Crippen LogP) is 4.84. The number of rotatable bonds is 3. The first-order valence-corrected chi connectivity index (χ1v) is 10.6. The Morgan fingerprint density at radius 1 is 1.07 bits per heavy atom. The summed E-state index contributed by atoms with van der Waals surface area (Å²) in [7, 11) is 0. The van der Waals surface area contributed by atoms with Gasteiger partial charge in [-0.2, -0.15) is 0 Å². The molecule has 0 aromatic heterocycles. The van der Waals surface area contributed by atoms with Crippen LogP contribution in [0, 0.1) is 6.92 Å². The molecule has 1 aromatic rings. The first-order chi connectivity index (χ1) is 13.5. The van der Waals surface area contributed by atoms with E-state index in [0.717, 1.165) is 66.6 Å². The molecule has 1 aromatic carbocycles. The molecule has 4 heteroatoms. The molecule has 0 amide bonds. The fourth-order valence-corrected chi connectivity index (χ4v) is 4.83. The Morgan fingerprint density at radius 2 is 1.86 bits per heavy atom. The minimum atomic E-state index is -0.333. The zero-order valence-electron chi connectivity index (χ0n) is 16.8. The van der Waals surface area contributed by atoms with Crippen LogP contribution in [0.5, 0.6) is 0 Å². The topological polar surface area (TPSA) is 55.4 Å². The van der Waals surface area contributed by atoms with Crippen molar-refractivity contribution < 1.29 is 14.3 Å². The van der Waals surface area contributed by atoms with Crippen molar-refractivity contribution >= 4 is 11.8 Å². The van der Waals surface area contributed by atoms with Crippen LogP contribution in [0.3, 0.4) is 0 Å². The number of hydrogen-bond donors (Lipinski definition) is 1. The van der Waals surface area contributed by atoms with E-state index in [9.17, 15) is 9.59 Å². The number of carbonyl (C=O) groups is 2. The van der Waals surface area contributed by atoms with Gasteiger partial charge in [-0.25, -0.2) is 4.79 Å². The SMILES string of the molecule is CC1=C(C(=O)OC2CCCCC2)[C@@H](c2cccc(C)c2)C2=C(CCCC2=O)N1. The summed E-state index contributed by atoms with van der Waals surface area (Å²) in [6, 6.07) is 8.15. The molecular formula is C24H29NO3. The third-order valence-electron chi connectivity index (χ3n) is 6.20. The summed E-state index contributed by atoms with van der Waals surface area (Å²) in [6.07, 6.45) is 7.58. The molecule has 148 valence electrons. The maximum Gasteiger partial charge on any atom is 0.337 e. The highest BCUT2D eigenvalue weighted by Crippen LogP contribution is 2.43. The maximum atomic E-state index is 13.3. The summed E-state index contributed by atoms with van der Waals surface area (Å²) in [5.74, 6) is -0.455. The van der Waals surface area contributed by atoms with Gasteiger partial charge in [0.05, 0.1) is 5.57 Å². The van der Waals surface area contributed by atoms with Crippen molar-refractivity contribution in [3.63, 3.8) is 0 Å². The third-order valence-corrected chi connectivity index (χ3v) is 6.20. The van der Waals surface area contributed by atoms with Gasteiger partial charge in [-0.3, -0.25) is 4.79 Å². The van der Waals surface area contributed by atoms with E-state index in [1.807, 2.05) is 32.0 Å². The van der Waals surface area contributed by atoms with Crippen LogP contribution < -0.4 is 5.32 Å².